The van der Waals surface area contributed by atoms with Gasteiger partial charge < -0.3 is 24.1 Å². The van der Waals surface area contributed by atoms with Crippen LogP contribution in [-0.2, 0) is 13.2 Å². The Morgan fingerprint density at radius 1 is 1.07 bits per heavy atom. The van der Waals surface area contributed by atoms with Crippen LogP contribution in [0.4, 0.5) is 0 Å². The summed E-state index contributed by atoms with van der Waals surface area (Å²) < 4.78 is 21.5. The van der Waals surface area contributed by atoms with Crippen molar-refractivity contribution in [2.45, 2.75) is 27.0 Å². The van der Waals surface area contributed by atoms with E-state index in [9.17, 15) is 4.79 Å². The number of aromatic nitrogens is 1. The maximum Gasteiger partial charge on any atom is 0.251 e. The molecule has 1 amide bonds. The van der Waals surface area contributed by atoms with Crippen molar-refractivity contribution in [2.75, 3.05) is 14.2 Å². The molecule has 0 bridgehead atoms. The number of carbonyl (C=O) groups excluding carboxylic acids is 1. The van der Waals surface area contributed by atoms with E-state index in [-0.39, 0.29) is 5.91 Å². The van der Waals surface area contributed by atoms with Crippen LogP contribution in [0.1, 0.15) is 32.9 Å². The predicted octanol–water partition coefficient (Wildman–Crippen LogP) is 3.82. The lowest BCUT2D eigenvalue weighted by molar-refractivity contribution is 0.0950. The Morgan fingerprint density at radius 3 is 2.59 bits per heavy atom. The number of carbonyl (C=O) groups is 1. The molecule has 3 rings (SSSR count). The van der Waals surface area contributed by atoms with Gasteiger partial charge in [-0.15, -0.1) is 0 Å². The van der Waals surface area contributed by atoms with Crippen molar-refractivity contribution in [3.8, 4) is 17.2 Å². The average molecular weight is 396 g/mol. The van der Waals surface area contributed by atoms with Crippen molar-refractivity contribution in [3.05, 3.63) is 70.6 Å². The van der Waals surface area contributed by atoms with Crippen molar-refractivity contribution in [1.29, 1.82) is 0 Å². The maximum absolute atomic E-state index is 12.6. The highest BCUT2D eigenvalue weighted by Gasteiger charge is 2.12. The zero-order valence-corrected chi connectivity index (χ0v) is 16.9. The Kier molecular flexibility index (Phi) is 6.39. The zero-order chi connectivity index (χ0) is 20.8. The number of benzene rings is 2. The number of nitrogens with one attached hydrogen (secondary N) is 1. The van der Waals surface area contributed by atoms with Gasteiger partial charge in [0.2, 0.25) is 0 Å². The van der Waals surface area contributed by atoms with E-state index in [1.54, 1.807) is 38.5 Å². The first kappa shape index (κ1) is 20.3. The van der Waals surface area contributed by atoms with Gasteiger partial charge in [0.15, 0.2) is 0 Å². The van der Waals surface area contributed by atoms with Crippen LogP contribution in [-0.4, -0.2) is 25.3 Å². The lowest BCUT2D eigenvalue weighted by atomic mass is 10.1. The molecule has 0 saturated carbocycles. The normalized spacial score (nSPS) is 10.5. The Balaban J connectivity index is 1.65. The predicted molar refractivity (Wildman–Crippen MR) is 107 cm³/mol. The molecule has 0 aliphatic rings. The van der Waals surface area contributed by atoms with Gasteiger partial charge in [-0.3, -0.25) is 4.79 Å². The Hall–Kier alpha value is -3.48. The van der Waals surface area contributed by atoms with E-state index in [0.717, 1.165) is 22.6 Å². The summed E-state index contributed by atoms with van der Waals surface area (Å²) in [7, 11) is 3.19. The van der Waals surface area contributed by atoms with Gasteiger partial charge in [-0.2, -0.15) is 0 Å². The van der Waals surface area contributed by atoms with Gasteiger partial charge >= 0.3 is 0 Å². The van der Waals surface area contributed by atoms with Gasteiger partial charge in [-0.1, -0.05) is 11.2 Å². The molecule has 0 radical (unpaired) electrons. The number of methoxy groups -OCH3 is 2. The monoisotopic (exact) mass is 396 g/mol. The number of amides is 1. The summed E-state index contributed by atoms with van der Waals surface area (Å²) in [6.07, 6.45) is 0. The van der Waals surface area contributed by atoms with Crippen molar-refractivity contribution in [1.82, 2.24) is 10.5 Å². The molecule has 0 spiro atoms. The first-order chi connectivity index (χ1) is 14.0. The van der Waals surface area contributed by atoms with Gasteiger partial charge in [-0.05, 0) is 50.2 Å². The van der Waals surface area contributed by atoms with E-state index in [0.29, 0.717) is 36.0 Å². The molecule has 0 unspecified atom stereocenters. The number of rotatable bonds is 8. The Morgan fingerprint density at radius 2 is 1.90 bits per heavy atom. The van der Waals surface area contributed by atoms with Crippen LogP contribution in [0.3, 0.4) is 0 Å². The van der Waals surface area contributed by atoms with Crippen LogP contribution in [0.2, 0.25) is 0 Å². The van der Waals surface area contributed by atoms with Crippen LogP contribution in [0.5, 0.6) is 17.2 Å². The third kappa shape index (κ3) is 4.87. The number of aryl methyl sites for hydroxylation is 2. The minimum atomic E-state index is -0.210. The fourth-order valence-corrected chi connectivity index (χ4v) is 2.89. The highest BCUT2D eigenvalue weighted by atomic mass is 16.5. The minimum absolute atomic E-state index is 0.210. The molecule has 7 nitrogen and oxygen atoms in total. The molecule has 2 aromatic carbocycles. The Bertz CT molecular complexity index is 977. The van der Waals surface area contributed by atoms with Crippen LogP contribution < -0.4 is 19.5 Å². The highest BCUT2D eigenvalue weighted by Crippen LogP contribution is 2.24. The van der Waals surface area contributed by atoms with E-state index in [2.05, 4.69) is 10.5 Å². The van der Waals surface area contributed by atoms with E-state index in [4.69, 9.17) is 18.7 Å². The van der Waals surface area contributed by atoms with Gasteiger partial charge in [0.05, 0.1) is 25.5 Å². The molecule has 0 saturated heterocycles. The van der Waals surface area contributed by atoms with Crippen LogP contribution in [0.25, 0.3) is 0 Å². The van der Waals surface area contributed by atoms with Crippen LogP contribution >= 0.6 is 0 Å². The van der Waals surface area contributed by atoms with E-state index in [1.165, 1.54) is 0 Å². The molecule has 3 aromatic rings. The summed E-state index contributed by atoms with van der Waals surface area (Å²) in [6, 6.07) is 12.5. The maximum atomic E-state index is 12.6. The van der Waals surface area contributed by atoms with Crippen molar-refractivity contribution in [3.63, 3.8) is 0 Å². The quantitative estimate of drug-likeness (QED) is 0.623. The summed E-state index contributed by atoms with van der Waals surface area (Å²) >= 11 is 0. The van der Waals surface area contributed by atoms with Crippen molar-refractivity contribution >= 4 is 5.91 Å². The fraction of sp³-hybridized carbons (Fsp3) is 0.273. The van der Waals surface area contributed by atoms with Crippen molar-refractivity contribution < 1.29 is 23.5 Å². The molecule has 0 fully saturated rings. The van der Waals surface area contributed by atoms with E-state index < -0.39 is 0 Å². The number of ether oxygens (including phenoxy) is 3. The van der Waals surface area contributed by atoms with Crippen LogP contribution in [0.15, 0.2) is 47.0 Å². The van der Waals surface area contributed by atoms with Gasteiger partial charge in [0, 0.05) is 17.7 Å². The standard InChI is InChI=1S/C22H24N2O5/c1-14-20(15(2)29-24-14)13-28-19-7-5-6-16(10-19)22(25)23-12-17-11-18(26-3)8-9-21(17)27-4/h5-11H,12-13H2,1-4H3,(H,23,25). The topological polar surface area (TPSA) is 82.8 Å². The second-order valence-corrected chi connectivity index (χ2v) is 6.48. The largest absolute Gasteiger partial charge is 0.497 e. The van der Waals surface area contributed by atoms with E-state index >= 15 is 0 Å². The molecular weight excluding hydrogens is 372 g/mol. The lowest BCUT2D eigenvalue weighted by Gasteiger charge is -2.12. The molecule has 0 aliphatic heterocycles. The zero-order valence-electron chi connectivity index (χ0n) is 16.9. The number of hydrogen-bond donors (Lipinski definition) is 1. The number of nitrogens with zero attached hydrogens (tertiary/aromatic N) is 1. The Labute approximate surface area is 169 Å². The average Bonchev–Trinajstić information content (AvgIpc) is 3.07. The molecule has 29 heavy (non-hydrogen) atoms. The molecule has 0 aliphatic carbocycles. The van der Waals surface area contributed by atoms with Gasteiger partial charge in [-0.25, -0.2) is 0 Å². The molecule has 1 aromatic heterocycles. The first-order valence-corrected chi connectivity index (χ1v) is 9.15. The van der Waals surface area contributed by atoms with Gasteiger partial charge in [0.1, 0.15) is 29.6 Å². The molecule has 1 heterocycles. The second-order valence-electron chi connectivity index (χ2n) is 6.48. The summed E-state index contributed by atoms with van der Waals surface area (Å²) in [5.74, 6) is 2.49. The fourth-order valence-electron chi connectivity index (χ4n) is 2.89. The van der Waals surface area contributed by atoms with E-state index in [1.807, 2.05) is 32.0 Å². The van der Waals surface area contributed by atoms with Gasteiger partial charge in [0.25, 0.3) is 5.91 Å². The third-order valence-corrected chi connectivity index (χ3v) is 4.59. The summed E-state index contributed by atoms with van der Waals surface area (Å²) in [4.78, 5) is 12.6. The number of hydrogen-bond acceptors (Lipinski definition) is 6. The second kappa shape index (κ2) is 9.14. The summed E-state index contributed by atoms with van der Waals surface area (Å²) in [5.41, 5.74) is 3.03. The summed E-state index contributed by atoms with van der Waals surface area (Å²) in [6.45, 7) is 4.35. The smallest absolute Gasteiger partial charge is 0.251 e. The molecule has 7 heteroatoms. The minimum Gasteiger partial charge on any atom is -0.497 e. The van der Waals surface area contributed by atoms with Crippen molar-refractivity contribution in [2.24, 2.45) is 0 Å². The molecule has 1 N–H and O–H groups in total. The third-order valence-electron chi connectivity index (χ3n) is 4.59. The molecule has 152 valence electrons. The first-order valence-electron chi connectivity index (χ1n) is 9.15. The SMILES string of the molecule is COc1ccc(OC)c(CNC(=O)c2cccc(OCc3c(C)noc3C)c2)c1. The highest BCUT2D eigenvalue weighted by molar-refractivity contribution is 5.94. The molecular formula is C22H24N2O5. The molecule has 0 atom stereocenters. The lowest BCUT2D eigenvalue weighted by Crippen LogP contribution is -2.23. The summed E-state index contributed by atoms with van der Waals surface area (Å²) in [5, 5.41) is 6.82. The van der Waals surface area contributed by atoms with Crippen LogP contribution in [0, 0.1) is 13.8 Å².